The molecule has 0 aliphatic carbocycles. The lowest BCUT2D eigenvalue weighted by Gasteiger charge is -2.26. The minimum atomic E-state index is -1.28. The van der Waals surface area contributed by atoms with Crippen LogP contribution in [-0.4, -0.2) is 55.4 Å². The number of hydrogen-bond acceptors (Lipinski definition) is 4. The molecule has 0 radical (unpaired) electrons. The lowest BCUT2D eigenvalue weighted by Crippen LogP contribution is -2.38. The lowest BCUT2D eigenvalue weighted by molar-refractivity contribution is 0.0322. The minimum absolute atomic E-state index is 0.343. The number of halogens is 1. The number of carboxylic acid groups (broad SMARTS) is 1. The fourth-order valence-electron chi connectivity index (χ4n) is 1.88. The maximum absolute atomic E-state index is 13.4. The van der Waals surface area contributed by atoms with Gasteiger partial charge in [-0.1, -0.05) is 0 Å². The van der Waals surface area contributed by atoms with Gasteiger partial charge in [-0.05, 0) is 12.1 Å². The molecule has 0 aromatic heterocycles. The molecule has 1 aliphatic rings. The van der Waals surface area contributed by atoms with Gasteiger partial charge in [0.15, 0.2) is 0 Å². The van der Waals surface area contributed by atoms with Gasteiger partial charge in [0, 0.05) is 25.7 Å². The minimum Gasteiger partial charge on any atom is -0.492 e. The third-order valence-electron chi connectivity index (χ3n) is 2.95. The Bertz CT molecular complexity index is 446. The summed E-state index contributed by atoms with van der Waals surface area (Å²) < 4.78 is 24.0. The Morgan fingerprint density at radius 2 is 2.16 bits per heavy atom. The zero-order chi connectivity index (χ0) is 13.7. The highest BCUT2D eigenvalue weighted by atomic mass is 19.1. The smallest absolute Gasteiger partial charge is 0.338 e. The number of ether oxygens (including phenoxy) is 2. The SMILES string of the molecule is O=C(O)c1ccc(OCCN2CCOCC2)cc1F. The molecule has 0 bridgehead atoms. The molecule has 19 heavy (non-hydrogen) atoms. The van der Waals surface area contributed by atoms with Gasteiger partial charge in [0.2, 0.25) is 0 Å². The van der Waals surface area contributed by atoms with E-state index >= 15 is 0 Å². The highest BCUT2D eigenvalue weighted by Gasteiger charge is 2.12. The molecule has 1 fully saturated rings. The standard InChI is InChI=1S/C13H16FNO4/c14-12-9-10(1-2-11(12)13(16)17)19-8-5-15-3-6-18-7-4-15/h1-2,9H,3-8H2,(H,16,17). The number of nitrogens with zero attached hydrogens (tertiary/aromatic N) is 1. The summed E-state index contributed by atoms with van der Waals surface area (Å²) in [6, 6.07) is 3.77. The molecular weight excluding hydrogens is 253 g/mol. The summed E-state index contributed by atoms with van der Waals surface area (Å²) in [5.74, 6) is -1.72. The lowest BCUT2D eigenvalue weighted by atomic mass is 10.2. The molecule has 1 N–H and O–H groups in total. The molecular formula is C13H16FNO4. The number of benzene rings is 1. The summed E-state index contributed by atoms with van der Waals surface area (Å²) in [7, 11) is 0. The van der Waals surface area contributed by atoms with E-state index in [1.54, 1.807) is 0 Å². The normalized spacial score (nSPS) is 16.3. The number of carbonyl (C=O) groups is 1. The second-order valence-electron chi connectivity index (χ2n) is 4.25. The van der Waals surface area contributed by atoms with Crippen LogP contribution < -0.4 is 4.74 Å². The van der Waals surface area contributed by atoms with Gasteiger partial charge >= 0.3 is 5.97 Å². The number of aromatic carboxylic acids is 1. The van der Waals surface area contributed by atoms with Crippen LogP contribution >= 0.6 is 0 Å². The van der Waals surface area contributed by atoms with E-state index in [0.717, 1.165) is 38.9 Å². The van der Waals surface area contributed by atoms with Crippen molar-refractivity contribution in [1.29, 1.82) is 0 Å². The van der Waals surface area contributed by atoms with Crippen molar-refractivity contribution in [3.8, 4) is 5.75 Å². The molecule has 0 saturated carbocycles. The largest absolute Gasteiger partial charge is 0.492 e. The maximum atomic E-state index is 13.4. The van der Waals surface area contributed by atoms with Crippen molar-refractivity contribution in [3.05, 3.63) is 29.6 Å². The Morgan fingerprint density at radius 1 is 1.42 bits per heavy atom. The zero-order valence-electron chi connectivity index (χ0n) is 10.5. The highest BCUT2D eigenvalue weighted by molar-refractivity contribution is 5.88. The molecule has 1 heterocycles. The van der Waals surface area contributed by atoms with Crippen LogP contribution in [0.2, 0.25) is 0 Å². The van der Waals surface area contributed by atoms with Gasteiger partial charge < -0.3 is 14.6 Å². The Kier molecular flexibility index (Phi) is 4.70. The van der Waals surface area contributed by atoms with Gasteiger partial charge in [0.05, 0.1) is 18.8 Å². The molecule has 0 atom stereocenters. The first-order valence-electron chi connectivity index (χ1n) is 6.12. The van der Waals surface area contributed by atoms with Crippen LogP contribution in [0, 0.1) is 5.82 Å². The van der Waals surface area contributed by atoms with Crippen LogP contribution in [0.15, 0.2) is 18.2 Å². The first-order chi connectivity index (χ1) is 9.16. The van der Waals surface area contributed by atoms with E-state index in [0.29, 0.717) is 12.4 Å². The second kappa shape index (κ2) is 6.49. The fraction of sp³-hybridized carbons (Fsp3) is 0.462. The van der Waals surface area contributed by atoms with E-state index in [9.17, 15) is 9.18 Å². The van der Waals surface area contributed by atoms with E-state index in [1.165, 1.54) is 12.1 Å². The van der Waals surface area contributed by atoms with Crippen molar-refractivity contribution in [2.45, 2.75) is 0 Å². The van der Waals surface area contributed by atoms with Gasteiger partial charge in [-0.2, -0.15) is 0 Å². The molecule has 1 aliphatic heterocycles. The Balaban J connectivity index is 1.82. The van der Waals surface area contributed by atoms with Crippen molar-refractivity contribution in [3.63, 3.8) is 0 Å². The number of rotatable bonds is 5. The van der Waals surface area contributed by atoms with E-state index in [1.807, 2.05) is 0 Å². The molecule has 0 spiro atoms. The van der Waals surface area contributed by atoms with E-state index in [4.69, 9.17) is 14.6 Å². The zero-order valence-corrected chi connectivity index (χ0v) is 10.5. The maximum Gasteiger partial charge on any atom is 0.338 e. The first-order valence-corrected chi connectivity index (χ1v) is 6.12. The molecule has 1 aromatic carbocycles. The van der Waals surface area contributed by atoms with Crippen LogP contribution in [0.5, 0.6) is 5.75 Å². The van der Waals surface area contributed by atoms with E-state index < -0.39 is 11.8 Å². The average molecular weight is 269 g/mol. The van der Waals surface area contributed by atoms with Crippen LogP contribution in [0.3, 0.4) is 0 Å². The van der Waals surface area contributed by atoms with Crippen molar-refractivity contribution in [1.82, 2.24) is 4.90 Å². The van der Waals surface area contributed by atoms with Crippen molar-refractivity contribution >= 4 is 5.97 Å². The van der Waals surface area contributed by atoms with Crippen LogP contribution in [0.25, 0.3) is 0 Å². The van der Waals surface area contributed by atoms with Crippen molar-refractivity contribution in [2.75, 3.05) is 39.5 Å². The summed E-state index contributed by atoms with van der Waals surface area (Å²) in [5, 5.41) is 8.70. The van der Waals surface area contributed by atoms with E-state index in [-0.39, 0.29) is 5.56 Å². The van der Waals surface area contributed by atoms with Crippen molar-refractivity contribution < 1.29 is 23.8 Å². The summed E-state index contributed by atoms with van der Waals surface area (Å²) in [6.07, 6.45) is 0. The molecule has 0 amide bonds. The van der Waals surface area contributed by atoms with Crippen molar-refractivity contribution in [2.24, 2.45) is 0 Å². The summed E-state index contributed by atoms with van der Waals surface area (Å²) in [6.45, 7) is 4.37. The Hall–Kier alpha value is -1.66. The second-order valence-corrected chi connectivity index (χ2v) is 4.25. The third-order valence-corrected chi connectivity index (χ3v) is 2.95. The number of hydrogen-bond donors (Lipinski definition) is 1. The summed E-state index contributed by atoms with van der Waals surface area (Å²) >= 11 is 0. The average Bonchev–Trinajstić information content (AvgIpc) is 2.39. The predicted octanol–water partition coefficient (Wildman–Crippen LogP) is 1.23. The first kappa shape index (κ1) is 13.8. The Morgan fingerprint density at radius 3 is 2.79 bits per heavy atom. The quantitative estimate of drug-likeness (QED) is 0.871. The molecule has 5 nitrogen and oxygen atoms in total. The predicted molar refractivity (Wildman–Crippen MR) is 66.1 cm³/mol. The summed E-state index contributed by atoms with van der Waals surface area (Å²) in [5.41, 5.74) is -0.347. The summed E-state index contributed by atoms with van der Waals surface area (Å²) in [4.78, 5) is 12.9. The molecule has 104 valence electrons. The topological polar surface area (TPSA) is 59.0 Å². The molecule has 6 heteroatoms. The molecule has 2 rings (SSSR count). The monoisotopic (exact) mass is 269 g/mol. The highest BCUT2D eigenvalue weighted by Crippen LogP contribution is 2.16. The molecule has 1 saturated heterocycles. The van der Waals surface area contributed by atoms with Crippen LogP contribution in [0.4, 0.5) is 4.39 Å². The molecule has 0 unspecified atom stereocenters. The number of morpholine rings is 1. The third kappa shape index (κ3) is 3.90. The van der Waals surface area contributed by atoms with Gasteiger partial charge in [-0.3, -0.25) is 4.90 Å². The number of carboxylic acids is 1. The van der Waals surface area contributed by atoms with Gasteiger partial charge in [0.25, 0.3) is 0 Å². The van der Waals surface area contributed by atoms with Crippen LogP contribution in [0.1, 0.15) is 10.4 Å². The van der Waals surface area contributed by atoms with Gasteiger partial charge in [-0.15, -0.1) is 0 Å². The van der Waals surface area contributed by atoms with Gasteiger partial charge in [-0.25, -0.2) is 9.18 Å². The van der Waals surface area contributed by atoms with Crippen LogP contribution in [-0.2, 0) is 4.74 Å². The Labute approximate surface area is 110 Å². The van der Waals surface area contributed by atoms with Gasteiger partial charge in [0.1, 0.15) is 18.2 Å². The van der Waals surface area contributed by atoms with E-state index in [2.05, 4.69) is 4.90 Å². The fourth-order valence-corrected chi connectivity index (χ4v) is 1.88. The molecule has 1 aromatic rings.